The van der Waals surface area contributed by atoms with Gasteiger partial charge in [0.15, 0.2) is 5.78 Å². The zero-order chi connectivity index (χ0) is 19.5. The molecule has 0 radical (unpaired) electrons. The van der Waals surface area contributed by atoms with E-state index in [0.29, 0.717) is 22.7 Å². The van der Waals surface area contributed by atoms with Gasteiger partial charge in [-0.25, -0.2) is 0 Å². The molecule has 4 heteroatoms. The highest BCUT2D eigenvalue weighted by atomic mass is 16.1. The third-order valence-electron chi connectivity index (χ3n) is 8.08. The first-order chi connectivity index (χ1) is 12.7. The van der Waals surface area contributed by atoms with Gasteiger partial charge in [-0.05, 0) is 96.5 Å². The normalized spacial score (nSPS) is 33.9. The van der Waals surface area contributed by atoms with Crippen LogP contribution in [0.3, 0.4) is 0 Å². The molecule has 0 unspecified atom stereocenters. The van der Waals surface area contributed by atoms with Gasteiger partial charge in [-0.15, -0.1) is 0 Å². The summed E-state index contributed by atoms with van der Waals surface area (Å²) in [7, 11) is 0. The summed E-state index contributed by atoms with van der Waals surface area (Å²) in [6.07, 6.45) is 8.46. The lowest BCUT2D eigenvalue weighted by Crippen LogP contribution is -2.98. The van der Waals surface area contributed by atoms with Crippen molar-refractivity contribution in [3.05, 3.63) is 22.5 Å². The zero-order valence-electron chi connectivity index (χ0n) is 17.5. The number of H-pyrrole nitrogens is 1. The Morgan fingerprint density at radius 2 is 1.56 bits per heavy atom. The maximum absolute atomic E-state index is 13.1. The molecule has 148 valence electrons. The van der Waals surface area contributed by atoms with Crippen LogP contribution in [0, 0.1) is 37.0 Å². The van der Waals surface area contributed by atoms with Gasteiger partial charge in [-0.3, -0.25) is 9.59 Å². The number of hydrogen-bond donors (Lipinski definition) is 2. The molecule has 1 aromatic heterocycles. The van der Waals surface area contributed by atoms with Gasteiger partial charge in [0.05, 0.1) is 11.7 Å². The molecule has 27 heavy (non-hydrogen) atoms. The molecule has 3 N–H and O–H groups in total. The summed E-state index contributed by atoms with van der Waals surface area (Å²) in [4.78, 5) is 28.2. The maximum Gasteiger partial charge on any atom is 0.235 e. The highest BCUT2D eigenvalue weighted by Crippen LogP contribution is 2.60. The van der Waals surface area contributed by atoms with Crippen molar-refractivity contribution >= 4 is 11.6 Å². The molecule has 4 bridgehead atoms. The smallest absolute Gasteiger partial charge is 0.235 e. The van der Waals surface area contributed by atoms with Gasteiger partial charge in [0.2, 0.25) is 5.78 Å². The Hall–Kier alpha value is -1.42. The van der Waals surface area contributed by atoms with Gasteiger partial charge >= 0.3 is 0 Å². The molecule has 1 aromatic rings. The van der Waals surface area contributed by atoms with E-state index in [9.17, 15) is 9.59 Å². The van der Waals surface area contributed by atoms with Crippen LogP contribution >= 0.6 is 0 Å². The maximum atomic E-state index is 13.1. The molecule has 4 fully saturated rings. The number of quaternary nitrogens is 1. The minimum absolute atomic E-state index is 0.0267. The molecule has 4 aliphatic rings. The summed E-state index contributed by atoms with van der Waals surface area (Å²) in [6, 6.07) is 0.359. The van der Waals surface area contributed by atoms with Crippen LogP contribution in [0.2, 0.25) is 0 Å². The quantitative estimate of drug-likeness (QED) is 0.751. The molecular formula is C23H35N2O2+. The van der Waals surface area contributed by atoms with Crippen molar-refractivity contribution in [2.75, 3.05) is 0 Å². The van der Waals surface area contributed by atoms with Crippen molar-refractivity contribution in [1.82, 2.24) is 4.98 Å². The number of Topliss-reactive ketones (excluding diaryl/α,β-unsaturated/α-hetero) is 2. The zero-order valence-corrected chi connectivity index (χ0v) is 17.5. The van der Waals surface area contributed by atoms with Crippen molar-refractivity contribution in [3.8, 4) is 0 Å². The molecule has 0 amide bonds. The van der Waals surface area contributed by atoms with Crippen molar-refractivity contribution in [2.45, 2.75) is 85.2 Å². The molecule has 0 aromatic carbocycles. The summed E-state index contributed by atoms with van der Waals surface area (Å²) >= 11 is 0. The lowest BCUT2D eigenvalue weighted by molar-refractivity contribution is -0.718. The van der Waals surface area contributed by atoms with Crippen LogP contribution in [-0.2, 0) is 0 Å². The molecule has 4 nitrogen and oxygen atoms in total. The number of nitrogens with two attached hydrogens (primary N) is 1. The number of carbonyl (C=O) groups is 2. The first-order valence-corrected chi connectivity index (χ1v) is 10.8. The number of aryl methyl sites for hydroxylation is 1. The second-order valence-corrected chi connectivity index (χ2v) is 10.1. The minimum atomic E-state index is -0.121. The lowest BCUT2D eigenvalue weighted by Gasteiger charge is -2.58. The number of hydrogen-bond acceptors (Lipinski definition) is 2. The number of aromatic nitrogens is 1. The van der Waals surface area contributed by atoms with E-state index in [1.165, 1.54) is 38.5 Å². The van der Waals surface area contributed by atoms with Crippen molar-refractivity contribution in [3.63, 3.8) is 0 Å². The molecule has 2 atom stereocenters. The fraction of sp³-hybridized carbons (Fsp3) is 0.739. The fourth-order valence-corrected chi connectivity index (χ4v) is 7.21. The van der Waals surface area contributed by atoms with Crippen LogP contribution in [0.25, 0.3) is 0 Å². The van der Waals surface area contributed by atoms with E-state index < -0.39 is 0 Å². The van der Waals surface area contributed by atoms with Crippen LogP contribution in [0.15, 0.2) is 0 Å². The number of rotatable bonds is 6. The Labute approximate surface area is 162 Å². The second-order valence-electron chi connectivity index (χ2n) is 10.1. The van der Waals surface area contributed by atoms with Crippen molar-refractivity contribution in [2.24, 2.45) is 23.2 Å². The number of carbonyl (C=O) groups excluding carboxylic acids is 2. The Morgan fingerprint density at radius 1 is 1.04 bits per heavy atom. The van der Waals surface area contributed by atoms with E-state index in [1.54, 1.807) is 6.92 Å². The first kappa shape index (κ1) is 18.9. The first-order valence-electron chi connectivity index (χ1n) is 10.8. The third-order valence-corrected chi connectivity index (χ3v) is 8.08. The van der Waals surface area contributed by atoms with E-state index in [0.717, 1.165) is 29.0 Å². The molecule has 0 aliphatic heterocycles. The average Bonchev–Trinajstić information content (AvgIpc) is 2.87. The summed E-state index contributed by atoms with van der Waals surface area (Å²) in [5.74, 6) is 2.96. The second kappa shape index (κ2) is 6.58. The Bertz CT molecular complexity index is 740. The average molecular weight is 372 g/mol. The lowest BCUT2D eigenvalue weighted by atomic mass is 9.48. The Morgan fingerprint density at radius 3 is 2.00 bits per heavy atom. The van der Waals surface area contributed by atoms with Crippen molar-refractivity contribution < 1.29 is 14.9 Å². The van der Waals surface area contributed by atoms with Gasteiger partial charge in [0, 0.05) is 16.7 Å². The Balaban J connectivity index is 1.49. The number of ketones is 2. The molecular weight excluding hydrogens is 336 g/mol. The van der Waals surface area contributed by atoms with Crippen LogP contribution < -0.4 is 5.32 Å². The number of nitrogens with one attached hydrogen (secondary N) is 1. The van der Waals surface area contributed by atoms with E-state index in [1.807, 2.05) is 20.8 Å². The van der Waals surface area contributed by atoms with Crippen LogP contribution in [0.1, 0.15) is 91.4 Å². The predicted octanol–water partition coefficient (Wildman–Crippen LogP) is 3.57. The van der Waals surface area contributed by atoms with Gasteiger partial charge < -0.3 is 10.3 Å². The van der Waals surface area contributed by atoms with Gasteiger partial charge in [0.1, 0.15) is 6.04 Å². The topological polar surface area (TPSA) is 66.5 Å². The predicted molar refractivity (Wildman–Crippen MR) is 106 cm³/mol. The highest BCUT2D eigenvalue weighted by Gasteiger charge is 2.54. The van der Waals surface area contributed by atoms with Crippen LogP contribution in [-0.4, -0.2) is 28.6 Å². The molecule has 4 saturated carbocycles. The van der Waals surface area contributed by atoms with Gasteiger partial charge in [0.25, 0.3) is 0 Å². The minimum Gasteiger partial charge on any atom is -0.355 e. The molecule has 4 aliphatic carbocycles. The summed E-state index contributed by atoms with van der Waals surface area (Å²) in [5.41, 5.74) is 3.37. The molecule has 5 rings (SSSR count). The standard InChI is InChI=1S/C23H34N2O2/c1-12-20(15(4)26)13(2)25-21(12)22(27)14(3)24-16(5)23-9-17-6-18(10-23)8-19(7-17)11-23/h14,16-19,24-25H,6-11H2,1-5H3/p+1/t14-,16-,17?,18?,19?,23?/m0/s1. The number of aromatic amines is 1. The van der Waals surface area contributed by atoms with E-state index in [4.69, 9.17) is 0 Å². The summed E-state index contributed by atoms with van der Waals surface area (Å²) in [5, 5.41) is 2.32. The molecule has 0 spiro atoms. The van der Waals surface area contributed by atoms with Gasteiger partial charge in [-0.2, -0.15) is 0 Å². The highest BCUT2D eigenvalue weighted by molar-refractivity contribution is 6.04. The van der Waals surface area contributed by atoms with Gasteiger partial charge in [-0.1, -0.05) is 0 Å². The molecule has 0 saturated heterocycles. The van der Waals surface area contributed by atoms with Crippen LogP contribution in [0.4, 0.5) is 0 Å². The fourth-order valence-electron chi connectivity index (χ4n) is 7.21. The third kappa shape index (κ3) is 3.10. The Kier molecular flexibility index (Phi) is 4.61. The van der Waals surface area contributed by atoms with E-state index in [2.05, 4.69) is 17.2 Å². The van der Waals surface area contributed by atoms with E-state index >= 15 is 0 Å². The largest absolute Gasteiger partial charge is 0.355 e. The SMILES string of the molecule is CC(=O)c1c(C)[nH]c(C(=O)[C@H](C)[NH2+][C@@H](C)C23CC4CC(CC(C4)C2)C3)c1C. The van der Waals surface area contributed by atoms with E-state index in [-0.39, 0.29) is 17.6 Å². The van der Waals surface area contributed by atoms with Crippen LogP contribution in [0.5, 0.6) is 0 Å². The van der Waals surface area contributed by atoms with Crippen molar-refractivity contribution in [1.29, 1.82) is 0 Å². The monoisotopic (exact) mass is 371 g/mol. The summed E-state index contributed by atoms with van der Waals surface area (Å²) in [6.45, 7) is 9.73. The molecule has 1 heterocycles. The summed E-state index contributed by atoms with van der Waals surface area (Å²) < 4.78 is 0.